The Kier molecular flexibility index (Phi) is 5.70. The first-order valence-corrected chi connectivity index (χ1v) is 7.09. The van der Waals surface area contributed by atoms with Gasteiger partial charge in [-0.1, -0.05) is 13.0 Å². The number of pyridine rings is 1. The highest BCUT2D eigenvalue weighted by Crippen LogP contribution is 2.20. The molecular weight excluding hydrogens is 266 g/mol. The van der Waals surface area contributed by atoms with E-state index in [1.165, 1.54) is 0 Å². The first kappa shape index (κ1) is 15.0. The lowest BCUT2D eigenvalue weighted by molar-refractivity contribution is 0.316. The zero-order valence-electron chi connectivity index (χ0n) is 12.2. The van der Waals surface area contributed by atoms with Crippen LogP contribution in [-0.4, -0.2) is 24.7 Å². The predicted molar refractivity (Wildman–Crippen MR) is 84.9 cm³/mol. The minimum Gasteiger partial charge on any atom is -0.492 e. The number of hydrogen-bond donors (Lipinski definition) is 2. The molecule has 21 heavy (non-hydrogen) atoms. The second-order valence-corrected chi connectivity index (χ2v) is 4.55. The van der Waals surface area contributed by atoms with Gasteiger partial charge in [0, 0.05) is 18.0 Å². The normalized spacial score (nSPS) is 10.1. The van der Waals surface area contributed by atoms with Gasteiger partial charge in [0.25, 0.3) is 0 Å². The van der Waals surface area contributed by atoms with Crippen molar-refractivity contribution in [3.05, 3.63) is 42.6 Å². The Morgan fingerprint density at radius 2 is 2.05 bits per heavy atom. The van der Waals surface area contributed by atoms with Crippen molar-refractivity contribution in [3.63, 3.8) is 0 Å². The molecule has 0 radical (unpaired) electrons. The molecular formula is C16H21N3O2. The summed E-state index contributed by atoms with van der Waals surface area (Å²) in [6.45, 7) is 3.91. The van der Waals surface area contributed by atoms with Crippen molar-refractivity contribution in [3.8, 4) is 11.5 Å². The molecule has 0 saturated carbocycles. The van der Waals surface area contributed by atoms with Gasteiger partial charge in [-0.05, 0) is 30.7 Å². The van der Waals surface area contributed by atoms with Crippen molar-refractivity contribution in [2.75, 3.05) is 30.8 Å². The first-order valence-electron chi connectivity index (χ1n) is 7.09. The Hall–Kier alpha value is -2.43. The Balaban J connectivity index is 1.80. The fraction of sp³-hybridized carbons (Fsp3) is 0.312. The van der Waals surface area contributed by atoms with Crippen LogP contribution >= 0.6 is 0 Å². The van der Waals surface area contributed by atoms with E-state index in [1.807, 2.05) is 30.3 Å². The number of nitrogens with zero attached hydrogens (tertiary/aromatic N) is 1. The molecule has 1 aromatic carbocycles. The van der Waals surface area contributed by atoms with Crippen molar-refractivity contribution in [2.45, 2.75) is 13.3 Å². The lowest BCUT2D eigenvalue weighted by atomic mass is 10.3. The van der Waals surface area contributed by atoms with Gasteiger partial charge in [-0.15, -0.1) is 0 Å². The molecule has 5 heteroatoms. The molecule has 112 valence electrons. The van der Waals surface area contributed by atoms with Crippen LogP contribution in [0.2, 0.25) is 0 Å². The molecule has 3 N–H and O–H groups in total. The molecule has 0 aliphatic carbocycles. The number of anilines is 2. The fourth-order valence-electron chi connectivity index (χ4n) is 1.79. The average Bonchev–Trinajstić information content (AvgIpc) is 2.50. The highest BCUT2D eigenvalue weighted by Gasteiger charge is 2.03. The average molecular weight is 287 g/mol. The van der Waals surface area contributed by atoms with Gasteiger partial charge in [-0.3, -0.25) is 0 Å². The van der Waals surface area contributed by atoms with E-state index >= 15 is 0 Å². The highest BCUT2D eigenvalue weighted by atomic mass is 16.5. The zero-order chi connectivity index (χ0) is 14.9. The molecule has 0 saturated heterocycles. The standard InChI is InChI=1S/C16H21N3O2/c1-2-10-21-15-7-4-8-18-16(15)19-9-11-20-14-6-3-5-13(17)12-14/h3-8,12H,2,9-11,17H2,1H3,(H,18,19). The second-order valence-electron chi connectivity index (χ2n) is 4.55. The van der Waals surface area contributed by atoms with Gasteiger partial charge >= 0.3 is 0 Å². The lowest BCUT2D eigenvalue weighted by Gasteiger charge is -2.12. The Morgan fingerprint density at radius 3 is 2.86 bits per heavy atom. The number of ether oxygens (including phenoxy) is 2. The molecule has 0 amide bonds. The Labute approximate surface area is 125 Å². The van der Waals surface area contributed by atoms with Crippen LogP contribution in [0.15, 0.2) is 42.6 Å². The highest BCUT2D eigenvalue weighted by molar-refractivity contribution is 5.49. The van der Waals surface area contributed by atoms with Crippen molar-refractivity contribution >= 4 is 11.5 Å². The van der Waals surface area contributed by atoms with Crippen LogP contribution in [0.25, 0.3) is 0 Å². The fourth-order valence-corrected chi connectivity index (χ4v) is 1.79. The van der Waals surface area contributed by atoms with Crippen LogP contribution in [0.1, 0.15) is 13.3 Å². The van der Waals surface area contributed by atoms with E-state index in [0.29, 0.717) is 25.4 Å². The van der Waals surface area contributed by atoms with E-state index in [1.54, 1.807) is 12.3 Å². The lowest BCUT2D eigenvalue weighted by Crippen LogP contribution is -2.13. The number of hydrogen-bond acceptors (Lipinski definition) is 5. The van der Waals surface area contributed by atoms with E-state index in [2.05, 4.69) is 17.2 Å². The van der Waals surface area contributed by atoms with Gasteiger partial charge in [-0.2, -0.15) is 0 Å². The molecule has 2 rings (SSSR count). The number of benzene rings is 1. The van der Waals surface area contributed by atoms with Crippen molar-refractivity contribution in [1.29, 1.82) is 0 Å². The summed E-state index contributed by atoms with van der Waals surface area (Å²) in [6.07, 6.45) is 2.70. The van der Waals surface area contributed by atoms with E-state index in [4.69, 9.17) is 15.2 Å². The summed E-state index contributed by atoms with van der Waals surface area (Å²) in [5, 5.41) is 3.21. The van der Waals surface area contributed by atoms with Crippen LogP contribution in [0.3, 0.4) is 0 Å². The molecule has 0 aliphatic heterocycles. The third-order valence-electron chi connectivity index (χ3n) is 2.75. The largest absolute Gasteiger partial charge is 0.492 e. The number of nitrogens with one attached hydrogen (secondary N) is 1. The Bertz CT molecular complexity index is 561. The van der Waals surface area contributed by atoms with Crippen LogP contribution in [0.5, 0.6) is 11.5 Å². The van der Waals surface area contributed by atoms with Crippen molar-refractivity contribution in [2.24, 2.45) is 0 Å². The third kappa shape index (κ3) is 4.87. The molecule has 5 nitrogen and oxygen atoms in total. The van der Waals surface area contributed by atoms with E-state index in [-0.39, 0.29) is 0 Å². The van der Waals surface area contributed by atoms with Gasteiger partial charge < -0.3 is 20.5 Å². The summed E-state index contributed by atoms with van der Waals surface area (Å²) in [5.41, 5.74) is 6.39. The van der Waals surface area contributed by atoms with Crippen molar-refractivity contribution in [1.82, 2.24) is 4.98 Å². The second kappa shape index (κ2) is 7.99. The smallest absolute Gasteiger partial charge is 0.168 e. The number of rotatable bonds is 8. The van der Waals surface area contributed by atoms with Crippen molar-refractivity contribution < 1.29 is 9.47 Å². The number of nitrogens with two attached hydrogens (primary N) is 1. The van der Waals surface area contributed by atoms with E-state index in [9.17, 15) is 0 Å². The van der Waals surface area contributed by atoms with E-state index in [0.717, 1.165) is 23.7 Å². The molecule has 0 atom stereocenters. The molecule has 0 unspecified atom stereocenters. The van der Waals surface area contributed by atoms with Gasteiger partial charge in [0.2, 0.25) is 0 Å². The van der Waals surface area contributed by atoms with Gasteiger partial charge in [0.15, 0.2) is 11.6 Å². The summed E-state index contributed by atoms with van der Waals surface area (Å²) in [7, 11) is 0. The third-order valence-corrected chi connectivity index (χ3v) is 2.75. The maximum absolute atomic E-state index is 5.70. The van der Waals surface area contributed by atoms with Crippen LogP contribution in [0.4, 0.5) is 11.5 Å². The SMILES string of the molecule is CCCOc1cccnc1NCCOc1cccc(N)c1. The summed E-state index contributed by atoms with van der Waals surface area (Å²) in [4.78, 5) is 4.28. The van der Waals surface area contributed by atoms with Crippen LogP contribution < -0.4 is 20.5 Å². The molecule has 0 fully saturated rings. The quantitative estimate of drug-likeness (QED) is 0.577. The summed E-state index contributed by atoms with van der Waals surface area (Å²) in [5.74, 6) is 2.27. The predicted octanol–water partition coefficient (Wildman–Crippen LogP) is 2.94. The van der Waals surface area contributed by atoms with Gasteiger partial charge in [0.1, 0.15) is 12.4 Å². The van der Waals surface area contributed by atoms with Crippen LogP contribution in [-0.2, 0) is 0 Å². The maximum Gasteiger partial charge on any atom is 0.168 e. The molecule has 1 heterocycles. The number of aromatic nitrogens is 1. The summed E-state index contributed by atoms with van der Waals surface area (Å²) >= 11 is 0. The van der Waals surface area contributed by atoms with Crippen LogP contribution in [0, 0.1) is 0 Å². The monoisotopic (exact) mass is 287 g/mol. The summed E-state index contributed by atoms with van der Waals surface area (Å²) in [6, 6.07) is 11.1. The summed E-state index contributed by atoms with van der Waals surface area (Å²) < 4.78 is 11.3. The number of nitrogen functional groups attached to an aromatic ring is 1. The molecule has 0 bridgehead atoms. The minimum absolute atomic E-state index is 0.521. The van der Waals surface area contributed by atoms with E-state index < -0.39 is 0 Å². The van der Waals surface area contributed by atoms with Gasteiger partial charge in [-0.25, -0.2) is 4.98 Å². The molecule has 0 aliphatic rings. The topological polar surface area (TPSA) is 69.4 Å². The first-order chi connectivity index (χ1) is 10.3. The maximum atomic E-state index is 5.70. The minimum atomic E-state index is 0.521. The molecule has 0 spiro atoms. The Morgan fingerprint density at radius 1 is 1.14 bits per heavy atom. The molecule has 1 aromatic heterocycles. The zero-order valence-corrected chi connectivity index (χ0v) is 12.2. The molecule has 2 aromatic rings. The van der Waals surface area contributed by atoms with Gasteiger partial charge in [0.05, 0.1) is 13.2 Å².